The maximum Gasteiger partial charge on any atom is 0.230 e. The fraction of sp³-hybridized carbons (Fsp3) is 0.333. The van der Waals surface area contributed by atoms with E-state index in [0.717, 1.165) is 5.82 Å². The Labute approximate surface area is 104 Å². The summed E-state index contributed by atoms with van der Waals surface area (Å²) in [5.74, 6) is 1.45. The minimum atomic E-state index is 0.364. The molecule has 1 aliphatic carbocycles. The lowest BCUT2D eigenvalue weighted by Gasteiger charge is -1.90. The predicted molar refractivity (Wildman–Crippen MR) is 61.4 cm³/mol. The van der Waals surface area contributed by atoms with Gasteiger partial charge < -0.3 is 0 Å². The molecular weight excluding hydrogens is 290 g/mol. The zero-order chi connectivity index (χ0) is 11.1. The Balaban J connectivity index is 1.98. The van der Waals surface area contributed by atoms with Gasteiger partial charge in [-0.05, 0) is 28.8 Å². The van der Waals surface area contributed by atoms with Crippen LogP contribution in [0.2, 0.25) is 0 Å². The Morgan fingerprint density at radius 2 is 2.38 bits per heavy atom. The summed E-state index contributed by atoms with van der Waals surface area (Å²) in [4.78, 5) is 4.41. The number of hydrogen-bond donors (Lipinski definition) is 0. The number of halogens is 1. The van der Waals surface area contributed by atoms with Gasteiger partial charge in [-0.1, -0.05) is 0 Å². The van der Waals surface area contributed by atoms with Crippen molar-refractivity contribution in [1.82, 2.24) is 19.1 Å². The van der Waals surface area contributed by atoms with Crippen molar-refractivity contribution in [3.8, 4) is 11.2 Å². The highest BCUT2D eigenvalue weighted by Crippen LogP contribution is 2.39. The molecule has 2 aromatic heterocycles. The number of nitriles is 1. The first kappa shape index (κ1) is 9.93. The number of hydrogen-bond acceptors (Lipinski definition) is 5. The lowest BCUT2D eigenvalue weighted by Crippen LogP contribution is -1.94. The lowest BCUT2D eigenvalue weighted by molar-refractivity contribution is 0.847. The first-order valence-corrected chi connectivity index (χ1v) is 6.34. The zero-order valence-corrected chi connectivity index (χ0v) is 10.5. The third kappa shape index (κ3) is 1.64. The van der Waals surface area contributed by atoms with E-state index < -0.39 is 0 Å². The van der Waals surface area contributed by atoms with Crippen LogP contribution >= 0.6 is 27.5 Å². The number of rotatable bonds is 2. The molecule has 16 heavy (non-hydrogen) atoms. The third-order valence-corrected chi connectivity index (χ3v) is 3.65. The van der Waals surface area contributed by atoms with Crippen LogP contribution in [0.1, 0.15) is 30.3 Å². The van der Waals surface area contributed by atoms with E-state index in [-0.39, 0.29) is 0 Å². The van der Waals surface area contributed by atoms with Crippen LogP contribution in [0.3, 0.4) is 0 Å². The predicted octanol–water partition coefficient (Wildman–Crippen LogP) is 2.24. The van der Waals surface area contributed by atoms with Gasteiger partial charge >= 0.3 is 0 Å². The van der Waals surface area contributed by atoms with Crippen molar-refractivity contribution < 1.29 is 0 Å². The van der Waals surface area contributed by atoms with Crippen molar-refractivity contribution in [3.05, 3.63) is 22.2 Å². The van der Waals surface area contributed by atoms with E-state index in [9.17, 15) is 0 Å². The molecule has 1 aliphatic rings. The van der Waals surface area contributed by atoms with Gasteiger partial charge in [0, 0.05) is 23.6 Å². The minimum absolute atomic E-state index is 0.364. The summed E-state index contributed by atoms with van der Waals surface area (Å²) in [6, 6.07) is 2.00. The maximum absolute atomic E-state index is 8.79. The zero-order valence-electron chi connectivity index (χ0n) is 8.09. The Morgan fingerprint density at radius 1 is 1.56 bits per heavy atom. The van der Waals surface area contributed by atoms with E-state index in [1.54, 1.807) is 10.9 Å². The fourth-order valence-electron chi connectivity index (χ4n) is 1.35. The molecule has 0 aliphatic heterocycles. The van der Waals surface area contributed by atoms with Crippen LogP contribution in [0.25, 0.3) is 5.13 Å². The summed E-state index contributed by atoms with van der Waals surface area (Å²) < 4.78 is 6.56. The molecule has 7 heteroatoms. The van der Waals surface area contributed by atoms with Gasteiger partial charge in [-0.2, -0.15) is 14.7 Å². The highest BCUT2D eigenvalue weighted by molar-refractivity contribution is 9.10. The number of nitrogens with zero attached hydrogens (tertiary/aromatic N) is 5. The Bertz CT molecular complexity index is 577. The molecule has 0 N–H and O–H groups in total. The molecule has 0 unspecified atom stereocenters. The van der Waals surface area contributed by atoms with Gasteiger partial charge in [-0.3, -0.25) is 0 Å². The second-order valence-corrected chi connectivity index (χ2v) is 5.18. The molecule has 80 valence electrons. The Hall–Kier alpha value is -1.26. The van der Waals surface area contributed by atoms with Crippen LogP contribution in [0, 0.1) is 11.3 Å². The molecule has 0 radical (unpaired) electrons. The summed E-state index contributed by atoms with van der Waals surface area (Å²) in [6.07, 6.45) is 4.10. The van der Waals surface area contributed by atoms with E-state index >= 15 is 0 Å². The molecule has 0 aromatic carbocycles. The lowest BCUT2D eigenvalue weighted by atomic mass is 10.4. The average Bonchev–Trinajstić information content (AvgIpc) is 2.89. The maximum atomic E-state index is 8.79. The van der Waals surface area contributed by atoms with E-state index in [1.807, 2.05) is 6.07 Å². The van der Waals surface area contributed by atoms with Crippen molar-refractivity contribution >= 4 is 27.5 Å². The Kier molecular flexibility index (Phi) is 2.26. The van der Waals surface area contributed by atoms with Gasteiger partial charge in [-0.25, -0.2) is 9.67 Å². The highest BCUT2D eigenvalue weighted by Gasteiger charge is 2.28. The smallest absolute Gasteiger partial charge is 0.210 e. The summed E-state index contributed by atoms with van der Waals surface area (Å²) >= 11 is 4.59. The van der Waals surface area contributed by atoms with E-state index in [4.69, 9.17) is 5.26 Å². The van der Waals surface area contributed by atoms with Crippen molar-refractivity contribution in [3.63, 3.8) is 0 Å². The molecule has 0 bridgehead atoms. The molecule has 3 rings (SSSR count). The molecule has 0 amide bonds. The van der Waals surface area contributed by atoms with Crippen LogP contribution in [-0.2, 0) is 0 Å². The standard InChI is InChI=1S/C9H6BrN5S/c10-6-4-15(13-7(6)3-11)9-12-8(14-16-9)5-1-2-5/h4-5H,1-2H2. The Morgan fingerprint density at radius 3 is 3.00 bits per heavy atom. The van der Waals surface area contributed by atoms with Crippen molar-refractivity contribution in [2.45, 2.75) is 18.8 Å². The molecule has 0 saturated heterocycles. The second-order valence-electron chi connectivity index (χ2n) is 3.59. The normalized spacial score (nSPS) is 15.0. The van der Waals surface area contributed by atoms with Gasteiger partial charge in [0.15, 0.2) is 5.69 Å². The molecular formula is C9H6BrN5S. The summed E-state index contributed by atoms with van der Waals surface area (Å²) in [6.45, 7) is 0. The molecule has 2 heterocycles. The van der Waals surface area contributed by atoms with Crippen LogP contribution in [0.5, 0.6) is 0 Å². The summed E-state index contributed by atoms with van der Waals surface area (Å²) in [7, 11) is 0. The monoisotopic (exact) mass is 295 g/mol. The van der Waals surface area contributed by atoms with Gasteiger partial charge in [0.25, 0.3) is 0 Å². The minimum Gasteiger partial charge on any atom is -0.210 e. The van der Waals surface area contributed by atoms with Gasteiger partial charge in [0.05, 0.1) is 4.47 Å². The molecule has 2 aromatic rings. The SMILES string of the molecule is N#Cc1nn(-c2nc(C3CC3)ns2)cc1Br. The van der Waals surface area contributed by atoms with Crippen molar-refractivity contribution in [2.24, 2.45) is 0 Å². The van der Waals surface area contributed by atoms with Crippen molar-refractivity contribution in [2.75, 3.05) is 0 Å². The van der Waals surface area contributed by atoms with Crippen LogP contribution in [-0.4, -0.2) is 19.1 Å². The van der Waals surface area contributed by atoms with E-state index in [2.05, 4.69) is 30.4 Å². The summed E-state index contributed by atoms with van der Waals surface area (Å²) in [5.41, 5.74) is 0.364. The van der Waals surface area contributed by atoms with Crippen molar-refractivity contribution in [1.29, 1.82) is 5.26 Å². The first-order chi connectivity index (χ1) is 7.78. The van der Waals surface area contributed by atoms with Crippen LogP contribution in [0.15, 0.2) is 10.7 Å². The second kappa shape index (κ2) is 3.64. The van der Waals surface area contributed by atoms with Gasteiger partial charge in [-0.15, -0.1) is 0 Å². The average molecular weight is 296 g/mol. The quantitative estimate of drug-likeness (QED) is 0.852. The van der Waals surface area contributed by atoms with Gasteiger partial charge in [0.2, 0.25) is 5.13 Å². The molecule has 1 saturated carbocycles. The van der Waals surface area contributed by atoms with E-state index in [0.29, 0.717) is 21.2 Å². The summed E-state index contributed by atoms with van der Waals surface area (Å²) in [5, 5.41) is 13.6. The topological polar surface area (TPSA) is 67.4 Å². The van der Waals surface area contributed by atoms with Gasteiger partial charge in [0.1, 0.15) is 11.9 Å². The first-order valence-electron chi connectivity index (χ1n) is 4.77. The largest absolute Gasteiger partial charge is 0.230 e. The number of aromatic nitrogens is 4. The fourth-order valence-corrected chi connectivity index (χ4v) is 2.39. The molecule has 0 spiro atoms. The third-order valence-electron chi connectivity index (χ3n) is 2.34. The molecule has 5 nitrogen and oxygen atoms in total. The highest BCUT2D eigenvalue weighted by atomic mass is 79.9. The van der Waals surface area contributed by atoms with E-state index in [1.165, 1.54) is 24.4 Å². The van der Waals surface area contributed by atoms with Crippen LogP contribution < -0.4 is 0 Å². The van der Waals surface area contributed by atoms with Crippen LogP contribution in [0.4, 0.5) is 0 Å². The molecule has 0 atom stereocenters. The molecule has 1 fully saturated rings.